The molecule has 0 aliphatic heterocycles. The van der Waals surface area contributed by atoms with E-state index in [4.69, 9.17) is 21.1 Å². The number of methoxy groups -OCH3 is 1. The average molecular weight is 310 g/mol. The molecule has 0 N–H and O–H groups in total. The van der Waals surface area contributed by atoms with Gasteiger partial charge in [-0.15, -0.1) is 0 Å². The maximum Gasteiger partial charge on any atom is 0.273 e. The zero-order valence-corrected chi connectivity index (χ0v) is 12.1. The molecule has 1 aromatic heterocycles. The second kappa shape index (κ2) is 6.36. The molecular weight excluding hydrogens is 298 g/mol. The van der Waals surface area contributed by atoms with E-state index in [1.807, 2.05) is 0 Å². The predicted octanol–water partition coefficient (Wildman–Crippen LogP) is 2.93. The molecule has 7 nitrogen and oxygen atoms in total. The minimum Gasteiger partial charge on any atom is -0.493 e. The molecule has 0 saturated heterocycles. The van der Waals surface area contributed by atoms with Crippen molar-refractivity contribution >= 4 is 17.3 Å². The number of ether oxygens (including phenoxy) is 2. The smallest absolute Gasteiger partial charge is 0.273 e. The Morgan fingerprint density at radius 2 is 2.05 bits per heavy atom. The van der Waals surface area contributed by atoms with E-state index in [9.17, 15) is 10.1 Å². The van der Waals surface area contributed by atoms with E-state index in [0.29, 0.717) is 22.4 Å². The predicted molar refractivity (Wildman–Crippen MR) is 75.8 cm³/mol. The van der Waals surface area contributed by atoms with E-state index in [-0.39, 0.29) is 18.0 Å². The van der Waals surface area contributed by atoms with Crippen molar-refractivity contribution < 1.29 is 14.4 Å². The first kappa shape index (κ1) is 15.0. The molecule has 1 heterocycles. The summed E-state index contributed by atoms with van der Waals surface area (Å²) in [5.74, 6) is 1.01. The van der Waals surface area contributed by atoms with Crippen molar-refractivity contribution in [3.05, 3.63) is 51.1 Å². The minimum absolute atomic E-state index is 0.0267. The molecule has 2 aromatic rings. The van der Waals surface area contributed by atoms with Gasteiger partial charge in [-0.05, 0) is 19.1 Å². The molecule has 0 saturated carbocycles. The quantitative estimate of drug-likeness (QED) is 0.479. The lowest BCUT2D eigenvalue weighted by molar-refractivity contribution is -0.385. The Morgan fingerprint density at radius 1 is 1.29 bits per heavy atom. The van der Waals surface area contributed by atoms with Crippen LogP contribution in [0.2, 0.25) is 5.15 Å². The summed E-state index contributed by atoms with van der Waals surface area (Å²) < 4.78 is 10.6. The summed E-state index contributed by atoms with van der Waals surface area (Å²) in [5, 5.41) is 11.1. The van der Waals surface area contributed by atoms with Gasteiger partial charge in [-0.1, -0.05) is 11.6 Å². The van der Waals surface area contributed by atoms with Gasteiger partial charge in [0.15, 0.2) is 17.3 Å². The Hall–Kier alpha value is -2.41. The molecule has 21 heavy (non-hydrogen) atoms. The molecule has 0 fully saturated rings. The van der Waals surface area contributed by atoms with Crippen molar-refractivity contribution in [2.75, 3.05) is 7.11 Å². The molecular formula is C13H12ClN3O4. The SMILES string of the molecule is COc1ccc([N+](=O)[O-])cc1OCc1nc(C)cc(Cl)n1. The Bertz CT molecular complexity index is 658. The van der Waals surface area contributed by atoms with Crippen molar-refractivity contribution in [3.63, 3.8) is 0 Å². The van der Waals surface area contributed by atoms with Gasteiger partial charge >= 0.3 is 0 Å². The van der Waals surface area contributed by atoms with Crippen LogP contribution in [0, 0.1) is 17.0 Å². The van der Waals surface area contributed by atoms with Gasteiger partial charge in [-0.3, -0.25) is 10.1 Å². The number of rotatable bonds is 5. The Labute approximate surface area is 125 Å². The number of aromatic nitrogens is 2. The number of nitro groups is 1. The molecule has 0 radical (unpaired) electrons. The van der Waals surface area contributed by atoms with Gasteiger partial charge in [0.05, 0.1) is 18.1 Å². The summed E-state index contributed by atoms with van der Waals surface area (Å²) in [6.07, 6.45) is 0. The van der Waals surface area contributed by atoms with Crippen LogP contribution in [0.1, 0.15) is 11.5 Å². The fourth-order valence-electron chi connectivity index (χ4n) is 1.69. The van der Waals surface area contributed by atoms with Crippen LogP contribution in [-0.2, 0) is 6.61 Å². The summed E-state index contributed by atoms with van der Waals surface area (Å²) in [6.45, 7) is 1.81. The van der Waals surface area contributed by atoms with Gasteiger partial charge in [0.1, 0.15) is 11.8 Å². The molecule has 0 aliphatic rings. The number of hydrogen-bond acceptors (Lipinski definition) is 6. The standard InChI is InChI=1S/C13H12ClN3O4/c1-8-5-12(14)16-13(15-8)7-21-11-6-9(17(18)19)3-4-10(11)20-2/h3-6H,7H2,1-2H3. The van der Waals surface area contributed by atoms with Crippen LogP contribution in [0.4, 0.5) is 5.69 Å². The lowest BCUT2D eigenvalue weighted by Crippen LogP contribution is -2.04. The number of benzene rings is 1. The van der Waals surface area contributed by atoms with Crippen molar-refractivity contribution in [2.24, 2.45) is 0 Å². The van der Waals surface area contributed by atoms with E-state index in [1.165, 1.54) is 25.3 Å². The molecule has 0 amide bonds. The van der Waals surface area contributed by atoms with Crippen LogP contribution in [0.15, 0.2) is 24.3 Å². The van der Waals surface area contributed by atoms with Gasteiger partial charge in [0.2, 0.25) is 0 Å². The monoisotopic (exact) mass is 309 g/mol. The minimum atomic E-state index is -0.508. The maximum absolute atomic E-state index is 10.8. The largest absolute Gasteiger partial charge is 0.493 e. The average Bonchev–Trinajstić information content (AvgIpc) is 2.43. The molecule has 110 valence electrons. The molecule has 0 unspecified atom stereocenters. The van der Waals surface area contributed by atoms with Gasteiger partial charge in [0.25, 0.3) is 5.69 Å². The first-order valence-electron chi connectivity index (χ1n) is 5.95. The van der Waals surface area contributed by atoms with E-state index in [1.54, 1.807) is 13.0 Å². The number of halogens is 1. The van der Waals surface area contributed by atoms with Gasteiger partial charge < -0.3 is 9.47 Å². The number of nitrogens with zero attached hydrogens (tertiary/aromatic N) is 3. The summed E-state index contributed by atoms with van der Waals surface area (Å²) in [4.78, 5) is 18.5. The fourth-order valence-corrected chi connectivity index (χ4v) is 1.94. The van der Waals surface area contributed by atoms with E-state index in [0.717, 1.165) is 0 Å². The summed E-state index contributed by atoms with van der Waals surface area (Å²) >= 11 is 5.84. The van der Waals surface area contributed by atoms with Crippen LogP contribution >= 0.6 is 11.6 Å². The first-order valence-corrected chi connectivity index (χ1v) is 6.32. The number of non-ortho nitro benzene ring substituents is 1. The molecule has 0 bridgehead atoms. The first-order chi connectivity index (χ1) is 9.99. The van der Waals surface area contributed by atoms with Crippen LogP contribution in [0.3, 0.4) is 0 Å². The normalized spacial score (nSPS) is 10.2. The topological polar surface area (TPSA) is 87.4 Å². The van der Waals surface area contributed by atoms with Crippen LogP contribution in [-0.4, -0.2) is 22.0 Å². The Balaban J connectivity index is 2.21. The third-order valence-corrected chi connectivity index (χ3v) is 2.78. The maximum atomic E-state index is 10.8. The van der Waals surface area contributed by atoms with Gasteiger partial charge in [-0.2, -0.15) is 0 Å². The number of hydrogen-bond donors (Lipinski definition) is 0. The Kier molecular flexibility index (Phi) is 4.54. The van der Waals surface area contributed by atoms with Gasteiger partial charge in [0, 0.05) is 11.8 Å². The van der Waals surface area contributed by atoms with Crippen molar-refractivity contribution in [2.45, 2.75) is 13.5 Å². The zero-order valence-electron chi connectivity index (χ0n) is 11.4. The lowest BCUT2D eigenvalue weighted by atomic mass is 10.3. The van der Waals surface area contributed by atoms with Crippen LogP contribution < -0.4 is 9.47 Å². The third-order valence-electron chi connectivity index (χ3n) is 2.58. The van der Waals surface area contributed by atoms with Gasteiger partial charge in [-0.25, -0.2) is 9.97 Å². The summed E-state index contributed by atoms with van der Waals surface area (Å²) in [7, 11) is 1.45. The molecule has 0 spiro atoms. The highest BCUT2D eigenvalue weighted by molar-refractivity contribution is 6.29. The summed E-state index contributed by atoms with van der Waals surface area (Å²) in [5.41, 5.74) is 0.619. The fraction of sp³-hybridized carbons (Fsp3) is 0.231. The highest BCUT2D eigenvalue weighted by Crippen LogP contribution is 2.31. The molecule has 1 aromatic carbocycles. The highest BCUT2D eigenvalue weighted by Gasteiger charge is 2.13. The second-order valence-electron chi connectivity index (χ2n) is 4.13. The van der Waals surface area contributed by atoms with E-state index >= 15 is 0 Å². The lowest BCUT2D eigenvalue weighted by Gasteiger charge is -2.10. The van der Waals surface area contributed by atoms with E-state index in [2.05, 4.69) is 9.97 Å². The molecule has 8 heteroatoms. The number of aryl methyl sites for hydroxylation is 1. The number of nitro benzene ring substituents is 1. The van der Waals surface area contributed by atoms with Crippen molar-refractivity contribution in [3.8, 4) is 11.5 Å². The van der Waals surface area contributed by atoms with Crippen molar-refractivity contribution in [1.82, 2.24) is 9.97 Å². The Morgan fingerprint density at radius 3 is 2.67 bits per heavy atom. The van der Waals surface area contributed by atoms with Crippen LogP contribution in [0.25, 0.3) is 0 Å². The second-order valence-corrected chi connectivity index (χ2v) is 4.52. The zero-order chi connectivity index (χ0) is 15.4. The molecule has 2 rings (SSSR count). The molecule has 0 atom stereocenters. The van der Waals surface area contributed by atoms with Crippen LogP contribution in [0.5, 0.6) is 11.5 Å². The summed E-state index contributed by atoms with van der Waals surface area (Å²) in [6, 6.07) is 5.72. The molecule has 0 aliphatic carbocycles. The van der Waals surface area contributed by atoms with Crippen molar-refractivity contribution in [1.29, 1.82) is 0 Å². The van der Waals surface area contributed by atoms with E-state index < -0.39 is 4.92 Å². The third kappa shape index (κ3) is 3.79. The highest BCUT2D eigenvalue weighted by atomic mass is 35.5.